The number of hydrogen-bond donors (Lipinski definition) is 1. The maximum absolute atomic E-state index is 11.5. The molecule has 184 valence electrons. The second-order valence-corrected chi connectivity index (χ2v) is 8.91. The molecule has 3 aromatic rings. The minimum atomic E-state index is -0.607. The number of aryl methyl sites for hydroxylation is 3. The number of rotatable bonds is 12. The van der Waals surface area contributed by atoms with Crippen molar-refractivity contribution in [2.45, 2.75) is 46.5 Å². The van der Waals surface area contributed by atoms with Crippen LogP contribution >= 0.6 is 0 Å². The van der Waals surface area contributed by atoms with E-state index in [1.807, 2.05) is 12.1 Å². The van der Waals surface area contributed by atoms with Crippen molar-refractivity contribution in [3.63, 3.8) is 0 Å². The highest BCUT2D eigenvalue weighted by atomic mass is 16.6. The van der Waals surface area contributed by atoms with E-state index < -0.39 is 12.6 Å². The quantitative estimate of drug-likeness (QED) is 0.178. The minimum Gasteiger partial charge on any atom is -0.490 e. The molecule has 3 rings (SSSR count). The summed E-state index contributed by atoms with van der Waals surface area (Å²) in [4.78, 5) is 11.5. The zero-order valence-corrected chi connectivity index (χ0v) is 21.1. The largest absolute Gasteiger partial charge is 0.490 e. The Morgan fingerprint density at radius 1 is 0.857 bits per heavy atom. The first kappa shape index (κ1) is 26.2. The van der Waals surface area contributed by atoms with Crippen molar-refractivity contribution >= 4 is 5.97 Å². The van der Waals surface area contributed by atoms with E-state index >= 15 is 0 Å². The van der Waals surface area contributed by atoms with Gasteiger partial charge in [-0.05, 0) is 77.8 Å². The van der Waals surface area contributed by atoms with Crippen LogP contribution < -0.4 is 4.74 Å². The molecule has 0 radical (unpaired) electrons. The summed E-state index contributed by atoms with van der Waals surface area (Å²) in [5.74, 6) is 0.112. The Hall–Kier alpha value is -3.37. The van der Waals surface area contributed by atoms with Gasteiger partial charge >= 0.3 is 5.97 Å². The van der Waals surface area contributed by atoms with Gasteiger partial charge in [0, 0.05) is 0 Å². The van der Waals surface area contributed by atoms with Crippen LogP contribution in [0.25, 0.3) is 22.3 Å². The maximum atomic E-state index is 11.5. The van der Waals surface area contributed by atoms with Crippen LogP contribution in [0.15, 0.2) is 72.8 Å². The van der Waals surface area contributed by atoms with E-state index in [2.05, 4.69) is 75.9 Å². The second-order valence-electron chi connectivity index (χ2n) is 8.91. The Morgan fingerprint density at radius 3 is 2.14 bits per heavy atom. The van der Waals surface area contributed by atoms with Crippen molar-refractivity contribution in [1.29, 1.82) is 0 Å². The van der Waals surface area contributed by atoms with Gasteiger partial charge in [-0.15, -0.1) is 0 Å². The van der Waals surface area contributed by atoms with E-state index in [4.69, 9.17) is 14.6 Å². The molecule has 4 heteroatoms. The lowest BCUT2D eigenvalue weighted by Gasteiger charge is -2.14. The molecule has 0 saturated carbocycles. The molecule has 0 spiro atoms. The SMILES string of the molecule is C=C(CO)C(=O)OCCOc1ccc(-c2ccc(-c3ccc(CCCCC)cc3)cc2C)c(C)c1. The Kier molecular flexibility index (Phi) is 9.68. The lowest BCUT2D eigenvalue weighted by atomic mass is 9.93. The van der Waals surface area contributed by atoms with Crippen molar-refractivity contribution < 1.29 is 19.4 Å². The van der Waals surface area contributed by atoms with Gasteiger partial charge in [-0.2, -0.15) is 0 Å². The van der Waals surface area contributed by atoms with Crippen LogP contribution in [0.4, 0.5) is 0 Å². The smallest absolute Gasteiger partial charge is 0.335 e. The second kappa shape index (κ2) is 12.9. The first-order valence-corrected chi connectivity index (χ1v) is 12.3. The van der Waals surface area contributed by atoms with Gasteiger partial charge in [0.25, 0.3) is 0 Å². The highest BCUT2D eigenvalue weighted by Crippen LogP contribution is 2.32. The monoisotopic (exact) mass is 472 g/mol. The third kappa shape index (κ3) is 7.30. The predicted molar refractivity (Wildman–Crippen MR) is 143 cm³/mol. The summed E-state index contributed by atoms with van der Waals surface area (Å²) in [5.41, 5.74) is 8.60. The zero-order valence-electron chi connectivity index (χ0n) is 21.1. The zero-order chi connectivity index (χ0) is 25.2. The molecule has 0 unspecified atom stereocenters. The molecule has 0 aliphatic carbocycles. The first-order chi connectivity index (χ1) is 16.9. The number of hydrogen-bond acceptors (Lipinski definition) is 4. The molecule has 0 bridgehead atoms. The number of unbranched alkanes of at least 4 members (excludes halogenated alkanes) is 2. The Balaban J connectivity index is 1.64. The summed E-state index contributed by atoms with van der Waals surface area (Å²) in [6, 6.07) is 21.6. The topological polar surface area (TPSA) is 55.8 Å². The summed E-state index contributed by atoms with van der Waals surface area (Å²) >= 11 is 0. The van der Waals surface area contributed by atoms with Crippen molar-refractivity contribution in [2.75, 3.05) is 19.8 Å². The lowest BCUT2D eigenvalue weighted by Crippen LogP contribution is -2.15. The molecule has 0 aromatic heterocycles. The summed E-state index contributed by atoms with van der Waals surface area (Å²) in [6.45, 7) is 9.81. The van der Waals surface area contributed by atoms with Crippen molar-refractivity contribution in [3.05, 3.63) is 89.5 Å². The van der Waals surface area contributed by atoms with Crippen LogP contribution in [0.3, 0.4) is 0 Å². The predicted octanol–water partition coefficient (Wildman–Crippen LogP) is 6.84. The molecule has 0 saturated heterocycles. The molecular weight excluding hydrogens is 436 g/mol. The molecule has 0 aliphatic heterocycles. The number of aliphatic hydroxyl groups is 1. The molecule has 0 fully saturated rings. The molecular formula is C31H36O4. The van der Waals surface area contributed by atoms with Crippen molar-refractivity contribution in [1.82, 2.24) is 0 Å². The molecule has 3 aromatic carbocycles. The van der Waals surface area contributed by atoms with Gasteiger partial charge < -0.3 is 14.6 Å². The number of esters is 1. The number of benzene rings is 3. The fraction of sp³-hybridized carbons (Fsp3) is 0.323. The van der Waals surface area contributed by atoms with E-state index in [0.717, 1.165) is 17.7 Å². The molecule has 4 nitrogen and oxygen atoms in total. The summed E-state index contributed by atoms with van der Waals surface area (Å²) < 4.78 is 10.7. The maximum Gasteiger partial charge on any atom is 0.335 e. The lowest BCUT2D eigenvalue weighted by molar-refractivity contribution is -0.140. The third-order valence-corrected chi connectivity index (χ3v) is 6.14. The van der Waals surface area contributed by atoms with Crippen LogP contribution in [-0.4, -0.2) is 30.9 Å². The average molecular weight is 473 g/mol. The molecule has 0 amide bonds. The van der Waals surface area contributed by atoms with Gasteiger partial charge in [-0.1, -0.05) is 74.9 Å². The van der Waals surface area contributed by atoms with Crippen LogP contribution in [0.5, 0.6) is 5.75 Å². The summed E-state index contributed by atoms with van der Waals surface area (Å²) in [5, 5.41) is 8.89. The van der Waals surface area contributed by atoms with E-state index in [1.54, 1.807) is 0 Å². The van der Waals surface area contributed by atoms with Gasteiger partial charge in [0.1, 0.15) is 19.0 Å². The number of ether oxygens (including phenoxy) is 2. The van der Waals surface area contributed by atoms with Gasteiger partial charge in [-0.25, -0.2) is 4.79 Å². The Labute approximate surface area is 209 Å². The average Bonchev–Trinajstić information content (AvgIpc) is 2.87. The minimum absolute atomic E-state index is 0.0333. The Morgan fingerprint density at radius 2 is 1.51 bits per heavy atom. The fourth-order valence-electron chi connectivity index (χ4n) is 4.08. The molecule has 0 aliphatic rings. The molecule has 0 atom stereocenters. The van der Waals surface area contributed by atoms with Gasteiger partial charge in [-0.3, -0.25) is 0 Å². The Bertz CT molecular complexity index is 1150. The standard InChI is InChI=1S/C31H36O4/c1-5-6-7-8-25-9-11-26(12-10-25)27-13-15-29(22(2)19-27)30-16-14-28(20-23(30)3)34-17-18-35-31(33)24(4)21-32/h9-16,19-20,32H,4-8,17-18,21H2,1-3H3. The van der Waals surface area contributed by atoms with Crippen molar-refractivity contribution in [3.8, 4) is 28.0 Å². The van der Waals surface area contributed by atoms with E-state index in [0.29, 0.717) is 0 Å². The highest BCUT2D eigenvalue weighted by molar-refractivity contribution is 5.87. The van der Waals surface area contributed by atoms with Gasteiger partial charge in [0.2, 0.25) is 0 Å². The van der Waals surface area contributed by atoms with Crippen molar-refractivity contribution in [2.24, 2.45) is 0 Å². The van der Waals surface area contributed by atoms with E-state index in [1.165, 1.54) is 52.6 Å². The fourth-order valence-corrected chi connectivity index (χ4v) is 4.08. The molecule has 35 heavy (non-hydrogen) atoms. The van der Waals surface area contributed by atoms with Crippen LogP contribution in [0.1, 0.15) is 42.9 Å². The van der Waals surface area contributed by atoms with E-state index in [9.17, 15) is 4.79 Å². The van der Waals surface area contributed by atoms with Gasteiger partial charge in [0.05, 0.1) is 12.2 Å². The third-order valence-electron chi connectivity index (χ3n) is 6.14. The number of carbonyl (C=O) groups is 1. The molecule has 1 N–H and O–H groups in total. The van der Waals surface area contributed by atoms with Crippen LogP contribution in [0, 0.1) is 13.8 Å². The summed E-state index contributed by atoms with van der Waals surface area (Å²) in [6.07, 6.45) is 4.93. The van der Waals surface area contributed by atoms with Gasteiger partial charge in [0.15, 0.2) is 0 Å². The molecule has 0 heterocycles. The highest BCUT2D eigenvalue weighted by Gasteiger charge is 2.10. The number of carbonyl (C=O) groups excluding carboxylic acids is 1. The van der Waals surface area contributed by atoms with Crippen LogP contribution in [0.2, 0.25) is 0 Å². The summed E-state index contributed by atoms with van der Waals surface area (Å²) in [7, 11) is 0. The number of aliphatic hydroxyl groups excluding tert-OH is 1. The van der Waals surface area contributed by atoms with E-state index in [-0.39, 0.29) is 18.8 Å². The van der Waals surface area contributed by atoms with Crippen LogP contribution in [-0.2, 0) is 16.0 Å². The normalized spacial score (nSPS) is 10.7. The first-order valence-electron chi connectivity index (χ1n) is 12.3.